The average molecular weight is 317 g/mol. The molecule has 0 aliphatic heterocycles. The van der Waals surface area contributed by atoms with E-state index in [0.717, 1.165) is 11.6 Å². The van der Waals surface area contributed by atoms with Crippen LogP contribution in [0.15, 0.2) is 48.5 Å². The van der Waals surface area contributed by atoms with Crippen molar-refractivity contribution in [2.75, 3.05) is 0 Å². The van der Waals surface area contributed by atoms with Crippen molar-refractivity contribution in [1.29, 1.82) is 0 Å². The Morgan fingerprint density at radius 1 is 1.22 bits per heavy atom. The van der Waals surface area contributed by atoms with Crippen molar-refractivity contribution >= 4 is 12.1 Å². The Balaban J connectivity index is 1.94. The van der Waals surface area contributed by atoms with E-state index >= 15 is 0 Å². The first kappa shape index (κ1) is 16.5. The minimum Gasteiger partial charge on any atom is -0.478 e. The number of hydrogen-bond acceptors (Lipinski definition) is 3. The third-order valence-corrected chi connectivity index (χ3v) is 3.26. The fraction of sp³-hybridized carbons (Fsp3) is 0.176. The number of carbonyl (C=O) groups excluding carboxylic acids is 1. The third kappa shape index (κ3) is 4.54. The van der Waals surface area contributed by atoms with Crippen molar-refractivity contribution in [3.8, 4) is 0 Å². The number of benzene rings is 2. The summed E-state index contributed by atoms with van der Waals surface area (Å²) in [7, 11) is 0. The van der Waals surface area contributed by atoms with E-state index < -0.39 is 23.9 Å². The molecule has 0 spiro atoms. The number of amides is 1. The van der Waals surface area contributed by atoms with Crippen LogP contribution in [-0.4, -0.2) is 17.2 Å². The Kier molecular flexibility index (Phi) is 5.30. The highest BCUT2D eigenvalue weighted by Gasteiger charge is 2.16. The average Bonchev–Trinajstić information content (AvgIpc) is 2.53. The number of carboxylic acids is 1. The number of rotatable bonds is 5. The van der Waals surface area contributed by atoms with E-state index in [1.165, 1.54) is 12.1 Å². The van der Waals surface area contributed by atoms with Gasteiger partial charge in [0.05, 0.1) is 11.6 Å². The Morgan fingerprint density at radius 2 is 1.91 bits per heavy atom. The van der Waals surface area contributed by atoms with Gasteiger partial charge in [-0.25, -0.2) is 14.0 Å². The highest BCUT2D eigenvalue weighted by Crippen LogP contribution is 2.18. The van der Waals surface area contributed by atoms with Crippen LogP contribution in [0, 0.1) is 5.82 Å². The fourth-order valence-corrected chi connectivity index (χ4v) is 2.03. The Morgan fingerprint density at radius 3 is 2.52 bits per heavy atom. The van der Waals surface area contributed by atoms with Crippen LogP contribution in [0.5, 0.6) is 0 Å². The molecule has 2 rings (SSSR count). The van der Waals surface area contributed by atoms with Crippen LogP contribution < -0.4 is 5.32 Å². The molecule has 1 amide bonds. The van der Waals surface area contributed by atoms with Crippen molar-refractivity contribution in [3.63, 3.8) is 0 Å². The standard InChI is InChI=1S/C17H16FNO4/c1-11(14-8-7-13(16(20)21)9-15(14)18)19-17(22)23-10-12-5-3-2-4-6-12/h2-9,11H,10H2,1H3,(H,19,22)(H,20,21). The molecule has 23 heavy (non-hydrogen) atoms. The lowest BCUT2D eigenvalue weighted by molar-refractivity contribution is 0.0696. The lowest BCUT2D eigenvalue weighted by Gasteiger charge is -2.15. The number of carbonyl (C=O) groups is 2. The molecule has 0 aromatic heterocycles. The molecular formula is C17H16FNO4. The zero-order valence-corrected chi connectivity index (χ0v) is 12.5. The van der Waals surface area contributed by atoms with Crippen LogP contribution >= 0.6 is 0 Å². The van der Waals surface area contributed by atoms with Gasteiger partial charge in [-0.1, -0.05) is 36.4 Å². The quantitative estimate of drug-likeness (QED) is 0.885. The third-order valence-electron chi connectivity index (χ3n) is 3.26. The summed E-state index contributed by atoms with van der Waals surface area (Å²) in [5.41, 5.74) is 0.879. The minimum atomic E-state index is -1.21. The SMILES string of the molecule is CC(NC(=O)OCc1ccccc1)c1ccc(C(=O)O)cc1F. The Labute approximate surface area is 132 Å². The predicted octanol–water partition coefficient (Wildman–Crippen LogP) is 3.51. The van der Waals surface area contributed by atoms with Gasteiger partial charge in [-0.15, -0.1) is 0 Å². The summed E-state index contributed by atoms with van der Waals surface area (Å²) < 4.78 is 19.0. The molecule has 0 fully saturated rings. The summed E-state index contributed by atoms with van der Waals surface area (Å²) in [6.45, 7) is 1.70. The lowest BCUT2D eigenvalue weighted by atomic mass is 10.1. The summed E-state index contributed by atoms with van der Waals surface area (Å²) in [6, 6.07) is 12.1. The van der Waals surface area contributed by atoms with Crippen LogP contribution in [0.4, 0.5) is 9.18 Å². The van der Waals surface area contributed by atoms with Crippen LogP contribution in [0.2, 0.25) is 0 Å². The van der Waals surface area contributed by atoms with Gasteiger partial charge in [-0.2, -0.15) is 0 Å². The van der Waals surface area contributed by atoms with Gasteiger partial charge in [-0.05, 0) is 24.6 Å². The van der Waals surface area contributed by atoms with Crippen LogP contribution in [-0.2, 0) is 11.3 Å². The lowest BCUT2D eigenvalue weighted by Crippen LogP contribution is -2.28. The molecule has 5 nitrogen and oxygen atoms in total. The van der Waals surface area contributed by atoms with Crippen molar-refractivity contribution in [1.82, 2.24) is 5.32 Å². The smallest absolute Gasteiger partial charge is 0.407 e. The zero-order chi connectivity index (χ0) is 16.8. The summed E-state index contributed by atoms with van der Waals surface area (Å²) in [5, 5.41) is 11.3. The maximum Gasteiger partial charge on any atom is 0.407 e. The largest absolute Gasteiger partial charge is 0.478 e. The van der Waals surface area contributed by atoms with Gasteiger partial charge in [0.1, 0.15) is 12.4 Å². The van der Waals surface area contributed by atoms with Crippen molar-refractivity contribution in [2.24, 2.45) is 0 Å². The Bertz CT molecular complexity index is 703. The van der Waals surface area contributed by atoms with Crippen LogP contribution in [0.3, 0.4) is 0 Å². The number of alkyl carbamates (subject to hydrolysis) is 1. The van der Waals surface area contributed by atoms with Crippen LogP contribution in [0.25, 0.3) is 0 Å². The number of aromatic carboxylic acids is 1. The molecule has 1 unspecified atom stereocenters. The van der Waals surface area contributed by atoms with E-state index in [-0.39, 0.29) is 17.7 Å². The number of halogens is 1. The number of nitrogens with one attached hydrogen (secondary N) is 1. The summed E-state index contributed by atoms with van der Waals surface area (Å²) in [4.78, 5) is 22.5. The normalized spacial score (nSPS) is 11.6. The maximum absolute atomic E-state index is 13.9. The number of hydrogen-bond donors (Lipinski definition) is 2. The molecule has 0 saturated heterocycles. The molecule has 0 bridgehead atoms. The monoisotopic (exact) mass is 317 g/mol. The van der Waals surface area contributed by atoms with Gasteiger partial charge >= 0.3 is 12.1 Å². The second kappa shape index (κ2) is 7.40. The minimum absolute atomic E-state index is 0.111. The second-order valence-electron chi connectivity index (χ2n) is 4.97. The predicted molar refractivity (Wildman–Crippen MR) is 81.5 cm³/mol. The summed E-state index contributed by atoms with van der Waals surface area (Å²) >= 11 is 0. The zero-order valence-electron chi connectivity index (χ0n) is 12.5. The van der Waals surface area contributed by atoms with E-state index in [1.54, 1.807) is 6.92 Å². The van der Waals surface area contributed by atoms with Gasteiger partial charge in [0.15, 0.2) is 0 Å². The summed E-state index contributed by atoms with van der Waals surface area (Å²) in [5.74, 6) is -1.90. The molecule has 6 heteroatoms. The Hall–Kier alpha value is -2.89. The molecule has 120 valence electrons. The first-order valence-corrected chi connectivity index (χ1v) is 6.97. The maximum atomic E-state index is 13.9. The van der Waals surface area contributed by atoms with Gasteiger partial charge in [-0.3, -0.25) is 0 Å². The van der Waals surface area contributed by atoms with Gasteiger partial charge in [0, 0.05) is 5.56 Å². The topological polar surface area (TPSA) is 75.6 Å². The van der Waals surface area contributed by atoms with Crippen molar-refractivity contribution in [3.05, 3.63) is 71.0 Å². The number of ether oxygens (including phenoxy) is 1. The molecule has 0 aliphatic rings. The van der Waals surface area contributed by atoms with E-state index in [0.29, 0.717) is 0 Å². The molecule has 0 heterocycles. The van der Waals surface area contributed by atoms with Gasteiger partial charge < -0.3 is 15.2 Å². The number of carboxylic acid groups (broad SMARTS) is 1. The first-order valence-electron chi connectivity index (χ1n) is 6.97. The fourth-order valence-electron chi connectivity index (χ4n) is 2.03. The van der Waals surface area contributed by atoms with Crippen molar-refractivity contribution in [2.45, 2.75) is 19.6 Å². The van der Waals surface area contributed by atoms with Crippen molar-refractivity contribution < 1.29 is 23.8 Å². The molecule has 2 N–H and O–H groups in total. The molecule has 2 aromatic rings. The highest BCUT2D eigenvalue weighted by atomic mass is 19.1. The summed E-state index contributed by atoms with van der Waals surface area (Å²) in [6.07, 6.45) is -0.678. The van der Waals surface area contributed by atoms with E-state index in [1.807, 2.05) is 30.3 Å². The first-order chi connectivity index (χ1) is 11.0. The highest BCUT2D eigenvalue weighted by molar-refractivity contribution is 5.87. The van der Waals surface area contributed by atoms with E-state index in [9.17, 15) is 14.0 Å². The van der Waals surface area contributed by atoms with E-state index in [4.69, 9.17) is 9.84 Å². The molecular weight excluding hydrogens is 301 g/mol. The second-order valence-corrected chi connectivity index (χ2v) is 4.97. The van der Waals surface area contributed by atoms with Gasteiger partial charge in [0.25, 0.3) is 0 Å². The molecule has 0 aliphatic carbocycles. The molecule has 1 atom stereocenters. The van der Waals surface area contributed by atoms with Gasteiger partial charge in [0.2, 0.25) is 0 Å². The molecule has 0 radical (unpaired) electrons. The van der Waals surface area contributed by atoms with Crippen LogP contribution in [0.1, 0.15) is 34.5 Å². The molecule has 0 saturated carbocycles. The van der Waals surface area contributed by atoms with E-state index in [2.05, 4.69) is 5.32 Å². The molecule has 2 aromatic carbocycles.